The van der Waals surface area contributed by atoms with Crippen molar-refractivity contribution in [1.29, 1.82) is 0 Å². The highest BCUT2D eigenvalue weighted by Gasteiger charge is 2.08. The van der Waals surface area contributed by atoms with Crippen LogP contribution in [0.25, 0.3) is 0 Å². The van der Waals surface area contributed by atoms with E-state index in [9.17, 15) is 4.79 Å². The fraction of sp³-hybridized carbons (Fsp3) is 0.667. The molecule has 0 spiro atoms. The molecule has 0 aliphatic heterocycles. The smallest absolute Gasteiger partial charge is 0.319 e. The Morgan fingerprint density at radius 2 is 2.00 bits per heavy atom. The van der Waals surface area contributed by atoms with Crippen molar-refractivity contribution in [3.63, 3.8) is 0 Å². The number of nitrogens with zero attached hydrogens (tertiary/aromatic N) is 2. The zero-order chi connectivity index (χ0) is 9.56. The first kappa shape index (κ1) is 11.0. The fourth-order valence-corrected chi connectivity index (χ4v) is 0.910. The lowest BCUT2D eigenvalue weighted by molar-refractivity contribution is 0.181. The van der Waals surface area contributed by atoms with Gasteiger partial charge >= 0.3 is 6.03 Å². The SMILES string of the molecule is C=CCCCN(C)C(=O)N(C)C. The van der Waals surface area contributed by atoms with Crippen molar-refractivity contribution in [2.45, 2.75) is 12.8 Å². The number of hydrogen-bond donors (Lipinski definition) is 0. The van der Waals surface area contributed by atoms with E-state index in [4.69, 9.17) is 0 Å². The standard InChI is InChI=1S/C9H18N2O/c1-5-6-7-8-11(4)9(12)10(2)3/h5H,1,6-8H2,2-4H3. The zero-order valence-corrected chi connectivity index (χ0v) is 8.21. The van der Waals surface area contributed by atoms with Gasteiger partial charge in [-0.25, -0.2) is 4.79 Å². The van der Waals surface area contributed by atoms with Gasteiger partial charge in [0.2, 0.25) is 0 Å². The normalized spacial score (nSPS) is 9.25. The van der Waals surface area contributed by atoms with Gasteiger partial charge in [-0.3, -0.25) is 0 Å². The van der Waals surface area contributed by atoms with Crippen molar-refractivity contribution in [2.24, 2.45) is 0 Å². The molecule has 0 aromatic rings. The molecule has 0 unspecified atom stereocenters. The maximum absolute atomic E-state index is 11.3. The largest absolute Gasteiger partial charge is 0.331 e. The van der Waals surface area contributed by atoms with Crippen LogP contribution in [0.15, 0.2) is 12.7 Å². The Hall–Kier alpha value is -0.990. The molecule has 0 heterocycles. The summed E-state index contributed by atoms with van der Waals surface area (Å²) in [7, 11) is 5.32. The summed E-state index contributed by atoms with van der Waals surface area (Å²) in [5.74, 6) is 0. The first-order valence-corrected chi connectivity index (χ1v) is 4.13. The number of carbonyl (C=O) groups is 1. The van der Waals surface area contributed by atoms with Gasteiger partial charge in [0.25, 0.3) is 0 Å². The van der Waals surface area contributed by atoms with Crippen LogP contribution in [0, 0.1) is 0 Å². The molecule has 0 radical (unpaired) electrons. The van der Waals surface area contributed by atoms with Crippen LogP contribution in [0.2, 0.25) is 0 Å². The van der Waals surface area contributed by atoms with Gasteiger partial charge in [-0.15, -0.1) is 6.58 Å². The maximum Gasteiger partial charge on any atom is 0.319 e. The van der Waals surface area contributed by atoms with Crippen LogP contribution in [0.4, 0.5) is 4.79 Å². The Morgan fingerprint density at radius 1 is 1.42 bits per heavy atom. The minimum atomic E-state index is 0.0547. The van der Waals surface area contributed by atoms with Crippen LogP contribution in [-0.4, -0.2) is 43.5 Å². The molecule has 0 aromatic carbocycles. The Bertz CT molecular complexity index is 155. The van der Waals surface area contributed by atoms with Gasteiger partial charge in [-0.05, 0) is 12.8 Å². The predicted octanol–water partition coefficient (Wildman–Crippen LogP) is 1.57. The Kier molecular flexibility index (Phi) is 5.17. The summed E-state index contributed by atoms with van der Waals surface area (Å²) in [5.41, 5.74) is 0. The lowest BCUT2D eigenvalue weighted by Gasteiger charge is -2.21. The van der Waals surface area contributed by atoms with E-state index in [0.29, 0.717) is 0 Å². The number of carbonyl (C=O) groups excluding carboxylic acids is 1. The molecule has 2 amide bonds. The number of amides is 2. The minimum absolute atomic E-state index is 0.0547. The quantitative estimate of drug-likeness (QED) is 0.464. The molecular weight excluding hydrogens is 152 g/mol. The molecular formula is C9H18N2O. The van der Waals surface area contributed by atoms with Crippen molar-refractivity contribution in [1.82, 2.24) is 9.80 Å². The third-order valence-corrected chi connectivity index (χ3v) is 1.61. The van der Waals surface area contributed by atoms with Gasteiger partial charge in [0.05, 0.1) is 0 Å². The van der Waals surface area contributed by atoms with Gasteiger partial charge < -0.3 is 9.80 Å². The van der Waals surface area contributed by atoms with E-state index in [1.807, 2.05) is 13.1 Å². The zero-order valence-electron chi connectivity index (χ0n) is 8.21. The minimum Gasteiger partial charge on any atom is -0.331 e. The van der Waals surface area contributed by atoms with E-state index in [-0.39, 0.29) is 6.03 Å². The molecule has 0 bridgehead atoms. The average molecular weight is 170 g/mol. The third-order valence-electron chi connectivity index (χ3n) is 1.61. The molecule has 3 nitrogen and oxygen atoms in total. The summed E-state index contributed by atoms with van der Waals surface area (Å²) in [4.78, 5) is 14.6. The monoisotopic (exact) mass is 170 g/mol. The molecule has 12 heavy (non-hydrogen) atoms. The summed E-state index contributed by atoms with van der Waals surface area (Å²) in [6, 6.07) is 0.0547. The van der Waals surface area contributed by atoms with Crippen LogP contribution < -0.4 is 0 Å². The highest BCUT2D eigenvalue weighted by Crippen LogP contribution is 1.96. The fourth-order valence-electron chi connectivity index (χ4n) is 0.910. The van der Waals surface area contributed by atoms with Crippen LogP contribution in [0.5, 0.6) is 0 Å². The predicted molar refractivity (Wildman–Crippen MR) is 51.1 cm³/mol. The van der Waals surface area contributed by atoms with Gasteiger partial charge in [-0.2, -0.15) is 0 Å². The van der Waals surface area contributed by atoms with Crippen LogP contribution in [0.1, 0.15) is 12.8 Å². The summed E-state index contributed by atoms with van der Waals surface area (Å²) < 4.78 is 0. The number of unbranched alkanes of at least 4 members (excludes halogenated alkanes) is 1. The molecule has 3 heteroatoms. The van der Waals surface area contributed by atoms with E-state index >= 15 is 0 Å². The Morgan fingerprint density at radius 3 is 2.42 bits per heavy atom. The van der Waals surface area contributed by atoms with Crippen molar-refractivity contribution >= 4 is 6.03 Å². The molecule has 70 valence electrons. The summed E-state index contributed by atoms with van der Waals surface area (Å²) in [6.07, 6.45) is 3.82. The molecule has 0 saturated carbocycles. The summed E-state index contributed by atoms with van der Waals surface area (Å²) >= 11 is 0. The van der Waals surface area contributed by atoms with Gasteiger partial charge in [0.15, 0.2) is 0 Å². The molecule has 0 rings (SSSR count). The van der Waals surface area contributed by atoms with E-state index in [2.05, 4.69) is 6.58 Å². The van der Waals surface area contributed by atoms with Crippen molar-refractivity contribution in [3.8, 4) is 0 Å². The Labute approximate surface area is 74.7 Å². The van der Waals surface area contributed by atoms with Crippen molar-refractivity contribution in [3.05, 3.63) is 12.7 Å². The third kappa shape index (κ3) is 4.01. The number of urea groups is 1. The highest BCUT2D eigenvalue weighted by molar-refractivity contribution is 5.73. The number of rotatable bonds is 4. The molecule has 0 aliphatic carbocycles. The van der Waals surface area contributed by atoms with E-state index < -0.39 is 0 Å². The maximum atomic E-state index is 11.3. The molecule has 0 fully saturated rings. The second kappa shape index (κ2) is 5.63. The molecule has 0 N–H and O–H groups in total. The molecule has 0 saturated heterocycles. The lowest BCUT2D eigenvalue weighted by atomic mass is 10.3. The first-order valence-electron chi connectivity index (χ1n) is 4.13. The van der Waals surface area contributed by atoms with Crippen molar-refractivity contribution in [2.75, 3.05) is 27.7 Å². The van der Waals surface area contributed by atoms with Gasteiger partial charge in [0, 0.05) is 27.7 Å². The highest BCUT2D eigenvalue weighted by atomic mass is 16.2. The lowest BCUT2D eigenvalue weighted by Crippen LogP contribution is -2.36. The summed E-state index contributed by atoms with van der Waals surface area (Å²) in [5, 5.41) is 0. The summed E-state index contributed by atoms with van der Waals surface area (Å²) in [6.45, 7) is 4.42. The average Bonchev–Trinajstić information content (AvgIpc) is 2.03. The van der Waals surface area contributed by atoms with Crippen molar-refractivity contribution < 1.29 is 4.79 Å². The van der Waals surface area contributed by atoms with Crippen LogP contribution in [-0.2, 0) is 0 Å². The molecule has 0 atom stereocenters. The molecule has 0 aliphatic rings. The Balaban J connectivity index is 3.64. The topological polar surface area (TPSA) is 23.6 Å². The van der Waals surface area contributed by atoms with Crippen LogP contribution >= 0.6 is 0 Å². The van der Waals surface area contributed by atoms with Gasteiger partial charge in [-0.1, -0.05) is 6.08 Å². The van der Waals surface area contributed by atoms with Gasteiger partial charge in [0.1, 0.15) is 0 Å². The number of allylic oxidation sites excluding steroid dienone is 1. The molecule has 0 aromatic heterocycles. The second-order valence-electron chi connectivity index (χ2n) is 3.03. The van der Waals surface area contributed by atoms with E-state index in [1.54, 1.807) is 23.9 Å². The van der Waals surface area contributed by atoms with E-state index in [1.165, 1.54) is 0 Å². The first-order chi connectivity index (χ1) is 5.59. The van der Waals surface area contributed by atoms with E-state index in [0.717, 1.165) is 19.4 Å². The number of hydrogen-bond acceptors (Lipinski definition) is 1. The second-order valence-corrected chi connectivity index (χ2v) is 3.03. The van der Waals surface area contributed by atoms with Crippen LogP contribution in [0.3, 0.4) is 0 Å².